The van der Waals surface area contributed by atoms with E-state index in [1.54, 1.807) is 24.3 Å². The fourth-order valence-corrected chi connectivity index (χ4v) is 2.50. The molecule has 0 heterocycles. The van der Waals surface area contributed by atoms with Gasteiger partial charge in [-0.15, -0.1) is 0 Å². The summed E-state index contributed by atoms with van der Waals surface area (Å²) in [7, 11) is 0. The van der Waals surface area contributed by atoms with Gasteiger partial charge in [-0.05, 0) is 46.3 Å². The van der Waals surface area contributed by atoms with Crippen molar-refractivity contribution < 1.29 is 9.18 Å². The Labute approximate surface area is 131 Å². The van der Waals surface area contributed by atoms with Crippen molar-refractivity contribution in [2.24, 2.45) is 0 Å². The summed E-state index contributed by atoms with van der Waals surface area (Å²) >= 11 is 6.38. The number of anilines is 1. The molecule has 0 unspecified atom stereocenters. The third-order valence-electron chi connectivity index (χ3n) is 2.54. The Bertz CT molecular complexity index is 705. The largest absolute Gasteiger partial charge is 0.321 e. The minimum Gasteiger partial charge on any atom is -0.321 e. The summed E-state index contributed by atoms with van der Waals surface area (Å²) in [6.45, 7) is 0. The maximum absolute atomic E-state index is 13.7. The monoisotopic (exact) mass is 396 g/mol. The Hall–Kier alpha value is -1.71. The smallest absolute Gasteiger partial charge is 0.259 e. The minimum absolute atomic E-state index is 0.0979. The van der Waals surface area contributed by atoms with Gasteiger partial charge in [0.25, 0.3) is 5.91 Å². The molecule has 0 radical (unpaired) electrons. The highest BCUT2D eigenvalue weighted by Gasteiger charge is 2.16. The minimum atomic E-state index is -0.632. The van der Waals surface area contributed by atoms with Crippen LogP contribution in [0.25, 0.3) is 0 Å². The first-order chi connectivity index (χ1) is 9.52. The van der Waals surface area contributed by atoms with Gasteiger partial charge >= 0.3 is 0 Å². The van der Waals surface area contributed by atoms with Crippen molar-refractivity contribution in [3.05, 3.63) is 62.3 Å². The molecule has 6 heteroatoms. The molecule has 3 nitrogen and oxygen atoms in total. The van der Waals surface area contributed by atoms with E-state index >= 15 is 0 Å². The average Bonchev–Trinajstić information content (AvgIpc) is 2.40. The molecule has 0 spiro atoms. The molecule has 0 saturated carbocycles. The fraction of sp³-hybridized carbons (Fsp3) is 0. The van der Waals surface area contributed by atoms with Crippen molar-refractivity contribution in [2.75, 3.05) is 5.32 Å². The van der Waals surface area contributed by atoms with Gasteiger partial charge in [0.2, 0.25) is 0 Å². The number of hydrogen-bond acceptors (Lipinski definition) is 2. The highest BCUT2D eigenvalue weighted by atomic mass is 79.9. The zero-order valence-electron chi connectivity index (χ0n) is 9.95. The molecule has 1 N–H and O–H groups in total. The molecule has 0 atom stereocenters. The molecule has 0 bridgehead atoms. The number of benzene rings is 2. The summed E-state index contributed by atoms with van der Waals surface area (Å²) in [6, 6.07) is 11.1. The first kappa shape index (κ1) is 14.7. The molecule has 0 saturated heterocycles. The van der Waals surface area contributed by atoms with Crippen LogP contribution in [-0.2, 0) is 0 Å². The number of halogens is 3. The molecule has 2 aromatic carbocycles. The van der Waals surface area contributed by atoms with Crippen molar-refractivity contribution >= 4 is 43.5 Å². The number of carbonyl (C=O) groups is 1. The van der Waals surface area contributed by atoms with E-state index < -0.39 is 11.7 Å². The Balaban J connectivity index is 2.36. The van der Waals surface area contributed by atoms with Crippen molar-refractivity contribution in [3.63, 3.8) is 0 Å². The molecule has 1 amide bonds. The summed E-state index contributed by atoms with van der Waals surface area (Å²) in [4.78, 5) is 12.1. The van der Waals surface area contributed by atoms with Crippen molar-refractivity contribution in [2.45, 2.75) is 0 Å². The number of amides is 1. The molecular weight excluding hydrogens is 391 g/mol. The van der Waals surface area contributed by atoms with E-state index in [1.165, 1.54) is 12.1 Å². The summed E-state index contributed by atoms with van der Waals surface area (Å²) in [6.07, 6.45) is 0. The predicted molar refractivity (Wildman–Crippen MR) is 80.9 cm³/mol. The zero-order chi connectivity index (χ0) is 14.7. The van der Waals surface area contributed by atoms with Crippen LogP contribution in [0.2, 0.25) is 0 Å². The van der Waals surface area contributed by atoms with Crippen LogP contribution in [0.1, 0.15) is 15.9 Å². The second-order valence-corrected chi connectivity index (χ2v) is 5.62. The van der Waals surface area contributed by atoms with Gasteiger partial charge in [0.05, 0.1) is 16.8 Å². The Kier molecular flexibility index (Phi) is 4.53. The first-order valence-electron chi connectivity index (χ1n) is 5.48. The quantitative estimate of drug-likeness (QED) is 0.812. The van der Waals surface area contributed by atoms with Crippen LogP contribution in [0.3, 0.4) is 0 Å². The number of carbonyl (C=O) groups excluding carboxylic acids is 1. The number of nitriles is 1. The summed E-state index contributed by atoms with van der Waals surface area (Å²) < 4.78 is 14.8. The lowest BCUT2D eigenvalue weighted by atomic mass is 10.1. The van der Waals surface area contributed by atoms with E-state index in [0.717, 1.165) is 4.47 Å². The Morgan fingerprint density at radius 1 is 1.25 bits per heavy atom. The highest BCUT2D eigenvalue weighted by molar-refractivity contribution is 9.10. The number of nitrogens with zero attached hydrogens (tertiary/aromatic N) is 1. The van der Waals surface area contributed by atoms with Crippen LogP contribution < -0.4 is 5.32 Å². The van der Waals surface area contributed by atoms with E-state index in [-0.39, 0.29) is 5.56 Å². The van der Waals surface area contributed by atoms with E-state index in [2.05, 4.69) is 37.2 Å². The Morgan fingerprint density at radius 3 is 2.65 bits per heavy atom. The predicted octanol–water partition coefficient (Wildman–Crippen LogP) is 4.47. The van der Waals surface area contributed by atoms with Gasteiger partial charge in [-0.25, -0.2) is 4.39 Å². The van der Waals surface area contributed by atoms with Crippen LogP contribution in [0.5, 0.6) is 0 Å². The third kappa shape index (κ3) is 3.06. The highest BCUT2D eigenvalue weighted by Crippen LogP contribution is 2.24. The summed E-state index contributed by atoms with van der Waals surface area (Å²) in [5, 5.41) is 11.6. The van der Waals surface area contributed by atoms with Crippen LogP contribution in [0, 0.1) is 17.1 Å². The molecule has 0 aliphatic rings. The second-order valence-electron chi connectivity index (χ2n) is 3.85. The van der Waals surface area contributed by atoms with Crippen molar-refractivity contribution in [1.29, 1.82) is 5.26 Å². The first-order valence-corrected chi connectivity index (χ1v) is 7.06. The lowest BCUT2D eigenvalue weighted by Crippen LogP contribution is -2.15. The topological polar surface area (TPSA) is 52.9 Å². The van der Waals surface area contributed by atoms with Crippen molar-refractivity contribution in [1.82, 2.24) is 0 Å². The van der Waals surface area contributed by atoms with Crippen molar-refractivity contribution in [3.8, 4) is 6.07 Å². The lowest BCUT2D eigenvalue weighted by molar-refractivity contribution is 0.102. The normalized spacial score (nSPS) is 9.90. The SMILES string of the molecule is N#Cc1cc(Br)ccc1NC(=O)c1c(F)cccc1Br. The van der Waals surface area contributed by atoms with Crippen LogP contribution >= 0.6 is 31.9 Å². The maximum Gasteiger partial charge on any atom is 0.259 e. The molecule has 20 heavy (non-hydrogen) atoms. The molecule has 0 aromatic heterocycles. The van der Waals surface area contributed by atoms with Crippen LogP contribution in [0.15, 0.2) is 45.3 Å². The van der Waals surface area contributed by atoms with Crippen LogP contribution in [0.4, 0.5) is 10.1 Å². The zero-order valence-corrected chi connectivity index (χ0v) is 13.1. The van der Waals surface area contributed by atoms with Gasteiger partial charge in [0.15, 0.2) is 0 Å². The van der Waals surface area contributed by atoms with Gasteiger partial charge in [0, 0.05) is 8.95 Å². The van der Waals surface area contributed by atoms with Gasteiger partial charge in [0.1, 0.15) is 11.9 Å². The third-order valence-corrected chi connectivity index (χ3v) is 3.69. The molecule has 0 aliphatic carbocycles. The number of hydrogen-bond donors (Lipinski definition) is 1. The molecule has 0 aliphatic heterocycles. The van der Waals surface area contributed by atoms with E-state index in [1.807, 2.05) is 6.07 Å². The molecular formula is C14H7Br2FN2O. The molecule has 0 fully saturated rings. The van der Waals surface area contributed by atoms with Gasteiger partial charge in [-0.2, -0.15) is 5.26 Å². The number of nitrogens with one attached hydrogen (secondary N) is 1. The lowest BCUT2D eigenvalue weighted by Gasteiger charge is -2.09. The molecule has 100 valence electrons. The Morgan fingerprint density at radius 2 is 2.00 bits per heavy atom. The van der Waals surface area contributed by atoms with E-state index in [9.17, 15) is 9.18 Å². The average molecular weight is 398 g/mol. The number of rotatable bonds is 2. The summed E-state index contributed by atoms with van der Waals surface area (Å²) in [5.41, 5.74) is 0.523. The van der Waals surface area contributed by atoms with Crippen LogP contribution in [-0.4, -0.2) is 5.91 Å². The second kappa shape index (κ2) is 6.16. The molecule has 2 aromatic rings. The van der Waals surface area contributed by atoms with Gasteiger partial charge in [-0.3, -0.25) is 4.79 Å². The van der Waals surface area contributed by atoms with Gasteiger partial charge in [-0.1, -0.05) is 22.0 Å². The maximum atomic E-state index is 13.7. The fourth-order valence-electron chi connectivity index (χ4n) is 1.62. The van der Waals surface area contributed by atoms with E-state index in [0.29, 0.717) is 15.7 Å². The summed E-state index contributed by atoms with van der Waals surface area (Å²) in [5.74, 6) is -1.25. The van der Waals surface area contributed by atoms with E-state index in [4.69, 9.17) is 5.26 Å². The molecule has 2 rings (SSSR count). The standard InChI is InChI=1S/C14H7Br2FN2O/c15-9-4-5-12(8(6-9)7-18)19-14(20)13-10(16)2-1-3-11(13)17/h1-6H,(H,19,20). The van der Waals surface area contributed by atoms with Gasteiger partial charge < -0.3 is 5.32 Å².